The average molecular weight is 360 g/mol. The zero-order chi connectivity index (χ0) is 16.9. The number of amides is 3. The van der Waals surface area contributed by atoms with Crippen LogP contribution in [0.3, 0.4) is 0 Å². The van der Waals surface area contributed by atoms with Gasteiger partial charge in [0.25, 0.3) is 0 Å². The molecule has 1 heterocycles. The predicted molar refractivity (Wildman–Crippen MR) is 86.9 cm³/mol. The van der Waals surface area contributed by atoms with E-state index in [1.54, 1.807) is 18.2 Å². The van der Waals surface area contributed by atoms with Gasteiger partial charge in [-0.25, -0.2) is 13.2 Å². The zero-order valence-electron chi connectivity index (χ0n) is 12.3. The molecule has 23 heavy (non-hydrogen) atoms. The maximum absolute atomic E-state index is 11.7. The van der Waals surface area contributed by atoms with Crippen molar-refractivity contribution in [1.82, 2.24) is 16.0 Å². The Labute approximate surface area is 139 Å². The Morgan fingerprint density at radius 1 is 1.26 bits per heavy atom. The summed E-state index contributed by atoms with van der Waals surface area (Å²) in [7, 11) is -3.04. The lowest BCUT2D eigenvalue weighted by Crippen LogP contribution is -2.45. The van der Waals surface area contributed by atoms with Crippen LogP contribution in [0, 0.1) is 0 Å². The fourth-order valence-electron chi connectivity index (χ4n) is 2.24. The van der Waals surface area contributed by atoms with E-state index in [0.717, 1.165) is 5.56 Å². The lowest BCUT2D eigenvalue weighted by molar-refractivity contribution is -0.120. The van der Waals surface area contributed by atoms with E-state index < -0.39 is 21.8 Å². The van der Waals surface area contributed by atoms with Gasteiger partial charge in [0.2, 0.25) is 5.91 Å². The summed E-state index contributed by atoms with van der Waals surface area (Å²) in [5, 5.41) is 8.19. The van der Waals surface area contributed by atoms with Crippen LogP contribution in [0.4, 0.5) is 4.79 Å². The molecule has 1 aliphatic rings. The van der Waals surface area contributed by atoms with Crippen molar-refractivity contribution in [3.8, 4) is 0 Å². The minimum absolute atomic E-state index is 0.0420. The van der Waals surface area contributed by atoms with Gasteiger partial charge in [0.1, 0.15) is 0 Å². The van der Waals surface area contributed by atoms with E-state index in [-0.39, 0.29) is 30.6 Å². The molecule has 3 amide bonds. The Morgan fingerprint density at radius 2 is 2.04 bits per heavy atom. The van der Waals surface area contributed by atoms with Crippen molar-refractivity contribution < 1.29 is 18.0 Å². The smallest absolute Gasteiger partial charge is 0.315 e. The largest absolute Gasteiger partial charge is 0.351 e. The second kappa shape index (κ2) is 7.65. The van der Waals surface area contributed by atoms with Crippen LogP contribution < -0.4 is 16.0 Å². The summed E-state index contributed by atoms with van der Waals surface area (Å²) in [4.78, 5) is 23.3. The Morgan fingerprint density at radius 3 is 2.70 bits per heavy atom. The molecule has 1 atom stereocenters. The van der Waals surface area contributed by atoms with Crippen molar-refractivity contribution in [3.63, 3.8) is 0 Å². The van der Waals surface area contributed by atoms with Crippen molar-refractivity contribution in [2.75, 3.05) is 18.1 Å². The van der Waals surface area contributed by atoms with Gasteiger partial charge in [-0.1, -0.05) is 23.7 Å². The summed E-state index contributed by atoms with van der Waals surface area (Å²) in [6.45, 7) is 0.0762. The maximum Gasteiger partial charge on any atom is 0.315 e. The topological polar surface area (TPSA) is 104 Å². The van der Waals surface area contributed by atoms with Crippen LogP contribution in [0.2, 0.25) is 5.02 Å². The lowest BCUT2D eigenvalue weighted by atomic mass is 10.2. The van der Waals surface area contributed by atoms with Gasteiger partial charge in [-0.2, -0.15) is 0 Å². The third-order valence-corrected chi connectivity index (χ3v) is 5.35. The second-order valence-electron chi connectivity index (χ2n) is 5.33. The van der Waals surface area contributed by atoms with Crippen LogP contribution >= 0.6 is 11.6 Å². The molecule has 0 aromatic heterocycles. The van der Waals surface area contributed by atoms with Crippen molar-refractivity contribution in [2.45, 2.75) is 19.0 Å². The third kappa shape index (κ3) is 6.07. The standard InChI is InChI=1S/C14H18ClN3O4S/c15-11-3-1-2-10(6-11)7-16-14(20)17-8-13(19)18-12-4-5-23(21,22)9-12/h1-3,6,12H,4-5,7-9H2,(H,18,19)(H2,16,17,20). The highest BCUT2D eigenvalue weighted by Crippen LogP contribution is 2.11. The van der Waals surface area contributed by atoms with E-state index >= 15 is 0 Å². The number of urea groups is 1. The van der Waals surface area contributed by atoms with Crippen molar-refractivity contribution in [1.29, 1.82) is 0 Å². The summed E-state index contributed by atoms with van der Waals surface area (Å²) in [6.07, 6.45) is 0.412. The number of halogens is 1. The Hall–Kier alpha value is -1.80. The van der Waals surface area contributed by atoms with E-state index in [2.05, 4.69) is 16.0 Å². The predicted octanol–water partition coefficient (Wildman–Crippen LogP) is 0.443. The van der Waals surface area contributed by atoms with Gasteiger partial charge >= 0.3 is 6.03 Å². The number of sulfone groups is 1. The summed E-state index contributed by atoms with van der Waals surface area (Å²) in [6, 6.07) is 6.20. The van der Waals surface area contributed by atoms with E-state index in [1.807, 2.05) is 6.07 Å². The van der Waals surface area contributed by atoms with E-state index in [1.165, 1.54) is 0 Å². The van der Waals surface area contributed by atoms with Gasteiger partial charge in [0.05, 0.1) is 18.1 Å². The first kappa shape index (κ1) is 17.6. The molecule has 1 saturated heterocycles. The van der Waals surface area contributed by atoms with E-state index in [9.17, 15) is 18.0 Å². The van der Waals surface area contributed by atoms with Crippen molar-refractivity contribution in [2.24, 2.45) is 0 Å². The molecule has 126 valence electrons. The normalized spacial score (nSPS) is 19.1. The Bertz CT molecular complexity index is 693. The minimum Gasteiger partial charge on any atom is -0.351 e. The number of hydrogen-bond donors (Lipinski definition) is 3. The number of benzene rings is 1. The van der Waals surface area contributed by atoms with Crippen LogP contribution in [0.25, 0.3) is 0 Å². The summed E-state index contributed by atoms with van der Waals surface area (Å²) in [5.41, 5.74) is 0.841. The molecule has 0 aliphatic carbocycles. The number of rotatable bonds is 5. The van der Waals surface area contributed by atoms with Crippen LogP contribution in [0.5, 0.6) is 0 Å². The average Bonchev–Trinajstić information content (AvgIpc) is 2.82. The van der Waals surface area contributed by atoms with Crippen LogP contribution in [0.15, 0.2) is 24.3 Å². The van der Waals surface area contributed by atoms with Gasteiger partial charge in [0, 0.05) is 17.6 Å². The fourth-order valence-corrected chi connectivity index (χ4v) is 4.13. The van der Waals surface area contributed by atoms with Gasteiger partial charge in [0.15, 0.2) is 9.84 Å². The van der Waals surface area contributed by atoms with E-state index in [4.69, 9.17) is 11.6 Å². The SMILES string of the molecule is O=C(CNC(=O)NCc1cccc(Cl)c1)NC1CCS(=O)(=O)C1. The third-order valence-electron chi connectivity index (χ3n) is 3.35. The molecule has 0 radical (unpaired) electrons. The molecule has 1 fully saturated rings. The first-order chi connectivity index (χ1) is 10.8. The Kier molecular flexibility index (Phi) is 5.84. The molecular weight excluding hydrogens is 342 g/mol. The molecule has 3 N–H and O–H groups in total. The number of carbonyl (C=O) groups is 2. The van der Waals surface area contributed by atoms with Gasteiger partial charge in [-0.15, -0.1) is 0 Å². The van der Waals surface area contributed by atoms with Gasteiger partial charge in [-0.3, -0.25) is 4.79 Å². The number of nitrogens with one attached hydrogen (secondary N) is 3. The lowest BCUT2D eigenvalue weighted by Gasteiger charge is -2.12. The number of carbonyl (C=O) groups excluding carboxylic acids is 2. The molecular formula is C14H18ClN3O4S. The van der Waals surface area contributed by atoms with Gasteiger partial charge < -0.3 is 16.0 Å². The van der Waals surface area contributed by atoms with Crippen molar-refractivity contribution >= 4 is 33.4 Å². The molecule has 1 aliphatic heterocycles. The molecule has 1 aromatic rings. The summed E-state index contributed by atoms with van der Waals surface area (Å²) < 4.78 is 22.6. The highest BCUT2D eigenvalue weighted by atomic mass is 35.5. The molecule has 1 aromatic carbocycles. The molecule has 9 heteroatoms. The highest BCUT2D eigenvalue weighted by Gasteiger charge is 2.28. The molecule has 0 spiro atoms. The Balaban J connectivity index is 1.67. The fraction of sp³-hybridized carbons (Fsp3) is 0.429. The van der Waals surface area contributed by atoms with Crippen molar-refractivity contribution in [3.05, 3.63) is 34.9 Å². The minimum atomic E-state index is -3.04. The van der Waals surface area contributed by atoms with E-state index in [0.29, 0.717) is 11.4 Å². The molecule has 2 rings (SSSR count). The van der Waals surface area contributed by atoms with Crippen LogP contribution in [0.1, 0.15) is 12.0 Å². The quantitative estimate of drug-likeness (QED) is 0.709. The highest BCUT2D eigenvalue weighted by molar-refractivity contribution is 7.91. The monoisotopic (exact) mass is 359 g/mol. The van der Waals surface area contributed by atoms with Crippen LogP contribution in [-0.4, -0.2) is 44.4 Å². The molecule has 0 bridgehead atoms. The molecule has 7 nitrogen and oxygen atoms in total. The molecule has 1 unspecified atom stereocenters. The summed E-state index contributed by atoms with van der Waals surface area (Å²) in [5.74, 6) is -0.365. The first-order valence-corrected chi connectivity index (χ1v) is 9.30. The van der Waals surface area contributed by atoms with Crippen LogP contribution in [-0.2, 0) is 21.2 Å². The maximum atomic E-state index is 11.7. The second-order valence-corrected chi connectivity index (χ2v) is 8.00. The molecule has 0 saturated carbocycles. The number of hydrogen-bond acceptors (Lipinski definition) is 4. The first-order valence-electron chi connectivity index (χ1n) is 7.10. The zero-order valence-corrected chi connectivity index (χ0v) is 13.9. The summed E-state index contributed by atoms with van der Waals surface area (Å²) >= 11 is 5.84. The van der Waals surface area contributed by atoms with Gasteiger partial charge in [-0.05, 0) is 24.1 Å².